The number of amides is 1. The number of fused-ring (bicyclic) bond motifs is 3. The molecule has 1 amide bonds. The number of hydrogen-bond acceptors (Lipinski definition) is 7. The number of nitrogens with one attached hydrogen (secondary N) is 2. The summed E-state index contributed by atoms with van der Waals surface area (Å²) in [6, 6.07) is -0.524. The first-order valence-electron chi connectivity index (χ1n) is 11.3. The second kappa shape index (κ2) is 7.73. The number of likely N-dealkylation sites (tertiary alicyclic amines) is 1. The van der Waals surface area contributed by atoms with Crippen LogP contribution >= 0.6 is 0 Å². The molecule has 10 heteroatoms. The van der Waals surface area contributed by atoms with Gasteiger partial charge in [0.25, 0.3) is 11.8 Å². The number of nitrogens with zero attached hydrogens (tertiary/aromatic N) is 4. The zero-order chi connectivity index (χ0) is 23.5. The van der Waals surface area contributed by atoms with Crippen LogP contribution in [0, 0.1) is 18.3 Å². The number of aryl methyl sites for hydroxylation is 1. The molecular formula is C23H30F2N6O2. The largest absolute Gasteiger partial charge is 0.360 e. The smallest absolute Gasteiger partial charge is 0.283 e. The number of carbonyl (C=O) groups excluding carboxylic acids is 1. The van der Waals surface area contributed by atoms with E-state index in [0.717, 1.165) is 35.9 Å². The third kappa shape index (κ3) is 4.10. The first-order valence-corrected chi connectivity index (χ1v) is 11.3. The van der Waals surface area contributed by atoms with Gasteiger partial charge in [0.05, 0.1) is 12.6 Å². The van der Waals surface area contributed by atoms with Gasteiger partial charge in [0.15, 0.2) is 6.10 Å². The Morgan fingerprint density at radius 1 is 1.27 bits per heavy atom. The second-order valence-corrected chi connectivity index (χ2v) is 10.3. The third-order valence-electron chi connectivity index (χ3n) is 6.82. The van der Waals surface area contributed by atoms with E-state index in [1.54, 1.807) is 7.05 Å². The number of anilines is 2. The molecule has 0 aromatic carbocycles. The number of ether oxygens (including phenoxy) is 1. The quantitative estimate of drug-likeness (QED) is 0.716. The highest BCUT2D eigenvalue weighted by molar-refractivity contribution is 5.85. The van der Waals surface area contributed by atoms with Crippen LogP contribution < -0.4 is 15.5 Å². The fourth-order valence-corrected chi connectivity index (χ4v) is 5.11. The lowest BCUT2D eigenvalue weighted by molar-refractivity contribution is -0.152. The molecule has 1 aromatic heterocycles. The minimum absolute atomic E-state index is 0.183. The number of halogens is 2. The average molecular weight is 461 g/mol. The zero-order valence-electron chi connectivity index (χ0n) is 19.4. The number of likely N-dealkylation sites (N-methyl/N-ethyl adjacent to an activating group) is 1. The highest BCUT2D eigenvalue weighted by atomic mass is 19.3. The highest BCUT2D eigenvalue weighted by Gasteiger charge is 2.50. The maximum Gasteiger partial charge on any atom is 0.283 e. The van der Waals surface area contributed by atoms with E-state index in [1.165, 1.54) is 4.90 Å². The summed E-state index contributed by atoms with van der Waals surface area (Å²) < 4.78 is 33.4. The van der Waals surface area contributed by atoms with Crippen molar-refractivity contribution < 1.29 is 18.3 Å². The summed E-state index contributed by atoms with van der Waals surface area (Å²) in [7, 11) is 1.67. The van der Waals surface area contributed by atoms with Crippen LogP contribution in [0.4, 0.5) is 20.5 Å². The molecule has 0 saturated carbocycles. The molecule has 3 fully saturated rings. The van der Waals surface area contributed by atoms with Gasteiger partial charge < -0.3 is 25.2 Å². The summed E-state index contributed by atoms with van der Waals surface area (Å²) in [4.78, 5) is 25.7. The summed E-state index contributed by atoms with van der Waals surface area (Å²) in [6.45, 7) is 6.92. The second-order valence-electron chi connectivity index (χ2n) is 10.3. The Hall–Kier alpha value is -2.59. The molecule has 1 aromatic rings. The molecule has 1 aliphatic carbocycles. The van der Waals surface area contributed by atoms with Crippen LogP contribution in [0.3, 0.4) is 0 Å². The van der Waals surface area contributed by atoms with Crippen molar-refractivity contribution in [2.45, 2.75) is 45.3 Å². The van der Waals surface area contributed by atoms with Crippen LogP contribution in [0.2, 0.25) is 0 Å². The van der Waals surface area contributed by atoms with Gasteiger partial charge in [-0.25, -0.2) is 13.8 Å². The van der Waals surface area contributed by atoms with E-state index in [1.807, 2.05) is 25.3 Å². The monoisotopic (exact) mass is 460 g/mol. The predicted molar refractivity (Wildman–Crippen MR) is 120 cm³/mol. The lowest BCUT2D eigenvalue weighted by Gasteiger charge is -2.45. The van der Waals surface area contributed by atoms with E-state index in [4.69, 9.17) is 9.72 Å². The molecule has 178 valence electrons. The van der Waals surface area contributed by atoms with Gasteiger partial charge in [-0.1, -0.05) is 13.8 Å². The molecule has 4 heterocycles. The molecule has 3 unspecified atom stereocenters. The molecule has 3 aliphatic heterocycles. The SMILES string of the molecule is Cc1cnc(N2CC(C)(C)C2)nc1NC1=CC=C2C(C1)C1NCC(F)(F)COC1C(=O)N2C. The Bertz CT molecular complexity index is 1030. The molecule has 0 radical (unpaired) electrons. The molecule has 8 nitrogen and oxygen atoms in total. The van der Waals surface area contributed by atoms with Gasteiger partial charge in [0, 0.05) is 49.2 Å². The van der Waals surface area contributed by atoms with E-state index in [0.29, 0.717) is 12.4 Å². The van der Waals surface area contributed by atoms with Crippen molar-refractivity contribution >= 4 is 17.7 Å². The number of carbonyl (C=O) groups is 1. The van der Waals surface area contributed by atoms with Gasteiger partial charge in [0.1, 0.15) is 12.4 Å². The summed E-state index contributed by atoms with van der Waals surface area (Å²) >= 11 is 0. The van der Waals surface area contributed by atoms with Crippen molar-refractivity contribution in [3.63, 3.8) is 0 Å². The standard InChI is InChI=1S/C23H30F2N6O2/c1-13-8-26-21(31-10-22(2,3)11-31)29-19(13)28-14-5-6-16-15(7-14)17-18(20(32)30(16)4)33-12-23(24,25)9-27-17/h5-6,8,15,17-18,27H,7,9-12H2,1-4H3,(H,26,28,29). The van der Waals surface area contributed by atoms with Crippen LogP contribution in [0.15, 0.2) is 29.7 Å². The van der Waals surface area contributed by atoms with E-state index >= 15 is 0 Å². The maximum atomic E-state index is 14.0. The molecule has 2 N–H and O–H groups in total. The average Bonchev–Trinajstić information content (AvgIpc) is 2.90. The first kappa shape index (κ1) is 22.2. The Balaban J connectivity index is 1.37. The number of allylic oxidation sites excluding steroid dienone is 3. The maximum absolute atomic E-state index is 14.0. The lowest BCUT2D eigenvalue weighted by Crippen LogP contribution is -2.59. The van der Waals surface area contributed by atoms with Gasteiger partial charge in [-0.2, -0.15) is 4.98 Å². The fourth-order valence-electron chi connectivity index (χ4n) is 5.11. The topological polar surface area (TPSA) is 82.6 Å². The Morgan fingerprint density at radius 2 is 2.03 bits per heavy atom. The summed E-state index contributed by atoms with van der Waals surface area (Å²) in [5.41, 5.74) is 2.88. The van der Waals surface area contributed by atoms with Crippen LogP contribution in [0.25, 0.3) is 0 Å². The van der Waals surface area contributed by atoms with E-state index < -0.39 is 31.2 Å². The van der Waals surface area contributed by atoms with Crippen LogP contribution in [0.1, 0.15) is 25.8 Å². The summed E-state index contributed by atoms with van der Waals surface area (Å²) in [5.74, 6) is -2.07. The Morgan fingerprint density at radius 3 is 2.76 bits per heavy atom. The number of rotatable bonds is 3. The van der Waals surface area contributed by atoms with Crippen molar-refractivity contribution in [3.8, 4) is 0 Å². The van der Waals surface area contributed by atoms with Crippen LogP contribution in [-0.4, -0.2) is 72.1 Å². The van der Waals surface area contributed by atoms with Gasteiger partial charge in [0.2, 0.25) is 5.95 Å². The Labute approximate surface area is 192 Å². The number of alkyl halides is 2. The predicted octanol–water partition coefficient (Wildman–Crippen LogP) is 2.30. The number of hydrogen-bond donors (Lipinski definition) is 2. The van der Waals surface area contributed by atoms with Crippen molar-refractivity contribution in [1.29, 1.82) is 0 Å². The molecule has 4 aliphatic rings. The van der Waals surface area contributed by atoms with Gasteiger partial charge in [-0.3, -0.25) is 4.79 Å². The van der Waals surface area contributed by atoms with E-state index in [2.05, 4.69) is 34.4 Å². The third-order valence-corrected chi connectivity index (χ3v) is 6.82. The van der Waals surface area contributed by atoms with Crippen molar-refractivity contribution in [3.05, 3.63) is 35.3 Å². The minimum atomic E-state index is -3.01. The number of aromatic nitrogens is 2. The van der Waals surface area contributed by atoms with Gasteiger partial charge in [-0.05, 0) is 30.9 Å². The normalized spacial score (nSPS) is 30.4. The van der Waals surface area contributed by atoms with Crippen molar-refractivity contribution in [1.82, 2.24) is 20.2 Å². The Kier molecular flexibility index (Phi) is 5.20. The molecule has 33 heavy (non-hydrogen) atoms. The molecule has 3 saturated heterocycles. The number of piperidine rings is 1. The highest BCUT2D eigenvalue weighted by Crippen LogP contribution is 2.39. The van der Waals surface area contributed by atoms with Crippen LogP contribution in [0.5, 0.6) is 0 Å². The molecule has 5 rings (SSSR count). The zero-order valence-corrected chi connectivity index (χ0v) is 19.4. The minimum Gasteiger partial charge on any atom is -0.360 e. The first-order chi connectivity index (χ1) is 15.5. The fraction of sp³-hybridized carbons (Fsp3) is 0.609. The summed E-state index contributed by atoms with van der Waals surface area (Å²) in [5, 5.41) is 6.33. The molecule has 0 spiro atoms. The molecular weight excluding hydrogens is 430 g/mol. The molecule has 0 bridgehead atoms. The van der Waals surface area contributed by atoms with Crippen molar-refractivity contribution in [2.24, 2.45) is 11.3 Å². The summed E-state index contributed by atoms with van der Waals surface area (Å²) in [6.07, 6.45) is 5.22. The van der Waals surface area contributed by atoms with Crippen LogP contribution in [-0.2, 0) is 9.53 Å². The van der Waals surface area contributed by atoms with E-state index in [9.17, 15) is 13.6 Å². The molecule has 3 atom stereocenters. The lowest BCUT2D eigenvalue weighted by atomic mass is 9.80. The van der Waals surface area contributed by atoms with Gasteiger partial charge >= 0.3 is 0 Å². The van der Waals surface area contributed by atoms with Crippen molar-refractivity contribution in [2.75, 3.05) is 43.5 Å². The van der Waals surface area contributed by atoms with E-state index in [-0.39, 0.29) is 17.2 Å². The van der Waals surface area contributed by atoms with Gasteiger partial charge in [-0.15, -0.1) is 0 Å².